The lowest BCUT2D eigenvalue weighted by atomic mass is 9.96. The van der Waals surface area contributed by atoms with E-state index in [0.29, 0.717) is 44.8 Å². The fourth-order valence-corrected chi connectivity index (χ4v) is 5.60. The maximum Gasteiger partial charge on any atom is 0.407 e. The van der Waals surface area contributed by atoms with Crippen LogP contribution >= 0.6 is 0 Å². The summed E-state index contributed by atoms with van der Waals surface area (Å²) >= 11 is 0. The summed E-state index contributed by atoms with van der Waals surface area (Å²) in [6.07, 6.45) is 2.14. The zero-order valence-electron chi connectivity index (χ0n) is 21.0. The molecule has 2 N–H and O–H groups in total. The number of hydrogen-bond acceptors (Lipinski definition) is 7. The molecular formula is C26H36N6O3. The molecule has 3 aliphatic heterocycles. The number of piperazine rings is 1. The van der Waals surface area contributed by atoms with Crippen LogP contribution in [0.3, 0.4) is 0 Å². The highest BCUT2D eigenvalue weighted by molar-refractivity contribution is 5.66. The van der Waals surface area contributed by atoms with E-state index in [1.54, 1.807) is 0 Å². The lowest BCUT2D eigenvalue weighted by Crippen LogP contribution is -2.49. The molecule has 35 heavy (non-hydrogen) atoms. The van der Waals surface area contributed by atoms with Crippen LogP contribution in [0, 0.1) is 13.8 Å². The average Bonchev–Trinajstić information content (AvgIpc) is 3.28. The van der Waals surface area contributed by atoms with E-state index < -0.39 is 6.09 Å². The summed E-state index contributed by atoms with van der Waals surface area (Å²) in [4.78, 5) is 27.9. The van der Waals surface area contributed by atoms with E-state index >= 15 is 0 Å². The molecular weight excluding hydrogens is 444 g/mol. The van der Waals surface area contributed by atoms with Crippen LogP contribution in [0.4, 0.5) is 10.5 Å². The average molecular weight is 481 g/mol. The lowest BCUT2D eigenvalue weighted by Gasteiger charge is -2.37. The zero-order valence-corrected chi connectivity index (χ0v) is 21.0. The van der Waals surface area contributed by atoms with Crippen molar-refractivity contribution in [2.45, 2.75) is 51.7 Å². The zero-order chi connectivity index (χ0) is 24.5. The minimum absolute atomic E-state index is 0.346. The molecule has 1 aromatic carbocycles. The van der Waals surface area contributed by atoms with Gasteiger partial charge in [0.1, 0.15) is 6.61 Å². The monoisotopic (exact) mass is 480 g/mol. The Bertz CT molecular complexity index is 1090. The summed E-state index contributed by atoms with van der Waals surface area (Å²) in [5.41, 5.74) is 6.56. The van der Waals surface area contributed by atoms with Gasteiger partial charge in [-0.3, -0.25) is 4.90 Å². The van der Waals surface area contributed by atoms with Crippen molar-refractivity contribution >= 4 is 11.8 Å². The summed E-state index contributed by atoms with van der Waals surface area (Å²) in [5.74, 6) is 0. The summed E-state index contributed by atoms with van der Waals surface area (Å²) in [6.45, 7) is 9.05. The number of carboxylic acid groups (broad SMARTS) is 1. The molecule has 2 aromatic rings. The molecule has 0 spiro atoms. The number of amides is 1. The summed E-state index contributed by atoms with van der Waals surface area (Å²) in [6, 6.07) is 6.78. The van der Waals surface area contributed by atoms with Crippen molar-refractivity contribution in [1.29, 1.82) is 0 Å². The number of carbonyl (C=O) groups is 1. The van der Waals surface area contributed by atoms with Crippen LogP contribution < -0.4 is 15.0 Å². The molecule has 0 aliphatic carbocycles. The Balaban J connectivity index is 1.49. The smallest absolute Gasteiger partial charge is 0.407 e. The van der Waals surface area contributed by atoms with Gasteiger partial charge in [-0.2, -0.15) is 9.97 Å². The van der Waals surface area contributed by atoms with Crippen molar-refractivity contribution in [3.05, 3.63) is 46.3 Å². The van der Waals surface area contributed by atoms with E-state index in [0.717, 1.165) is 42.9 Å². The minimum Gasteiger partial charge on any atom is -0.465 e. The van der Waals surface area contributed by atoms with Crippen molar-refractivity contribution in [3.63, 3.8) is 0 Å². The molecule has 5 rings (SSSR count). The first-order chi connectivity index (χ1) is 16.9. The van der Waals surface area contributed by atoms with E-state index in [2.05, 4.69) is 54.2 Å². The summed E-state index contributed by atoms with van der Waals surface area (Å²) in [7, 11) is 2.13. The van der Waals surface area contributed by atoms with Crippen LogP contribution in [0.25, 0.3) is 0 Å². The number of likely N-dealkylation sites (tertiary alicyclic amines) is 1. The second-order valence-electron chi connectivity index (χ2n) is 9.99. The van der Waals surface area contributed by atoms with Gasteiger partial charge in [0.15, 0.2) is 0 Å². The van der Waals surface area contributed by atoms with Gasteiger partial charge in [0.05, 0.1) is 24.0 Å². The van der Waals surface area contributed by atoms with Gasteiger partial charge in [0, 0.05) is 43.5 Å². The first-order valence-electron chi connectivity index (χ1n) is 12.7. The fourth-order valence-electron chi connectivity index (χ4n) is 5.60. The predicted octanol–water partition coefficient (Wildman–Crippen LogP) is 2.75. The van der Waals surface area contributed by atoms with Crippen molar-refractivity contribution in [2.75, 3.05) is 51.3 Å². The van der Waals surface area contributed by atoms with Gasteiger partial charge in [0.2, 0.25) is 0 Å². The van der Waals surface area contributed by atoms with Crippen LogP contribution in [-0.2, 0) is 13.0 Å². The van der Waals surface area contributed by atoms with Crippen molar-refractivity contribution in [1.82, 2.24) is 25.1 Å². The van der Waals surface area contributed by atoms with Crippen molar-refractivity contribution in [3.8, 4) is 6.01 Å². The van der Waals surface area contributed by atoms with E-state index in [4.69, 9.17) is 14.7 Å². The third-order valence-corrected chi connectivity index (χ3v) is 7.87. The van der Waals surface area contributed by atoms with E-state index in [9.17, 15) is 9.90 Å². The molecule has 1 aromatic heterocycles. The number of benzene rings is 1. The van der Waals surface area contributed by atoms with Crippen molar-refractivity contribution in [2.24, 2.45) is 0 Å². The molecule has 2 atom stereocenters. The molecule has 1 unspecified atom stereocenters. The number of anilines is 1. The number of ether oxygens (including phenoxy) is 1. The Kier molecular flexibility index (Phi) is 6.80. The highest BCUT2D eigenvalue weighted by Gasteiger charge is 2.34. The minimum atomic E-state index is -0.910. The fraction of sp³-hybridized carbons (Fsp3) is 0.577. The van der Waals surface area contributed by atoms with Crippen LogP contribution in [0.5, 0.6) is 6.01 Å². The Hall–Kier alpha value is -2.91. The Morgan fingerprint density at radius 3 is 2.86 bits per heavy atom. The van der Waals surface area contributed by atoms with Crippen molar-refractivity contribution < 1.29 is 14.6 Å². The highest BCUT2D eigenvalue weighted by atomic mass is 16.5. The highest BCUT2D eigenvalue weighted by Crippen LogP contribution is 2.33. The predicted molar refractivity (Wildman–Crippen MR) is 134 cm³/mol. The van der Waals surface area contributed by atoms with E-state index in [1.807, 2.05) is 0 Å². The standard InChI is InChI=1S/C26H36N6O3/c1-17-6-4-8-22(18(17)2)31-12-9-20-21(15-31)28-25(35-16-19-7-5-11-30(19)3)29-24(20)23-14-27-10-13-32(23)26(33)34/h4,6,8,19,23,27H,5,7,9-16H2,1-3H3,(H,33,34)/t19-,23?/m0/s1. The maximum atomic E-state index is 12.0. The molecule has 1 amide bonds. The molecule has 0 radical (unpaired) electrons. The number of nitrogens with one attached hydrogen (secondary N) is 1. The van der Waals surface area contributed by atoms with Crippen LogP contribution in [-0.4, -0.2) is 83.4 Å². The SMILES string of the molecule is Cc1cccc(N2CCc3c(nc(OC[C@@H]4CCCN4C)nc3C3CNCCN3C(=O)O)C2)c1C. The Morgan fingerprint density at radius 2 is 2.09 bits per heavy atom. The van der Waals surface area contributed by atoms with Gasteiger partial charge in [-0.05, 0) is 63.9 Å². The van der Waals surface area contributed by atoms with Gasteiger partial charge >= 0.3 is 12.1 Å². The topological polar surface area (TPSA) is 94.1 Å². The number of nitrogens with zero attached hydrogens (tertiary/aromatic N) is 5. The third-order valence-electron chi connectivity index (χ3n) is 7.87. The van der Waals surface area contributed by atoms with Gasteiger partial charge in [-0.25, -0.2) is 4.79 Å². The largest absolute Gasteiger partial charge is 0.465 e. The number of rotatable bonds is 5. The molecule has 9 nitrogen and oxygen atoms in total. The van der Waals surface area contributed by atoms with Gasteiger partial charge in [0.25, 0.3) is 0 Å². The van der Waals surface area contributed by atoms with E-state index in [1.165, 1.54) is 28.1 Å². The summed E-state index contributed by atoms with van der Waals surface area (Å²) < 4.78 is 6.17. The number of aromatic nitrogens is 2. The molecule has 2 saturated heterocycles. The van der Waals surface area contributed by atoms with Crippen LogP contribution in [0.2, 0.25) is 0 Å². The first kappa shape index (κ1) is 23.8. The molecule has 0 saturated carbocycles. The van der Waals surface area contributed by atoms with Gasteiger partial charge in [-0.15, -0.1) is 0 Å². The molecule has 4 heterocycles. The maximum absolute atomic E-state index is 12.0. The van der Waals surface area contributed by atoms with Crippen LogP contribution in [0.15, 0.2) is 18.2 Å². The lowest BCUT2D eigenvalue weighted by molar-refractivity contribution is 0.110. The second kappa shape index (κ2) is 9.99. The van der Waals surface area contributed by atoms with E-state index in [-0.39, 0.29) is 6.04 Å². The molecule has 188 valence electrons. The second-order valence-corrected chi connectivity index (χ2v) is 9.99. The number of fused-ring (bicyclic) bond motifs is 1. The molecule has 9 heteroatoms. The normalized spacial score (nSPS) is 22.8. The van der Waals surface area contributed by atoms with Gasteiger partial charge in [-0.1, -0.05) is 12.1 Å². The molecule has 3 aliphatic rings. The molecule has 2 fully saturated rings. The Labute approximate surface area is 207 Å². The number of likely N-dealkylation sites (N-methyl/N-ethyl adjacent to an activating group) is 1. The molecule has 0 bridgehead atoms. The third kappa shape index (κ3) is 4.79. The Morgan fingerprint density at radius 1 is 1.23 bits per heavy atom. The number of hydrogen-bond donors (Lipinski definition) is 2. The summed E-state index contributed by atoms with van der Waals surface area (Å²) in [5, 5.41) is 13.2. The quantitative estimate of drug-likeness (QED) is 0.675. The first-order valence-corrected chi connectivity index (χ1v) is 12.7. The number of aryl methyl sites for hydroxylation is 1. The van der Waals surface area contributed by atoms with Crippen LogP contribution in [0.1, 0.15) is 47.0 Å². The van der Waals surface area contributed by atoms with Gasteiger partial charge < -0.3 is 25.0 Å².